The molecule has 1 aromatic heterocycles. The lowest BCUT2D eigenvalue weighted by Gasteiger charge is -2.24. The summed E-state index contributed by atoms with van der Waals surface area (Å²) in [5, 5.41) is 11.2. The number of ketones is 1. The lowest BCUT2D eigenvalue weighted by molar-refractivity contribution is -0.139. The van der Waals surface area contributed by atoms with Crippen molar-refractivity contribution in [3.63, 3.8) is 0 Å². The standard InChI is InChI=1S/C24H28N2O3/c1-6-13-26-20(18-9-7-8-12-25-18)19(22(28)23(26)29)21(27)17-14-16(24(3,4)5)11-10-15(17)2/h7-12,14,20,27H,6,13H2,1-5H3/b21-19+. The molecule has 0 spiro atoms. The molecule has 1 fully saturated rings. The summed E-state index contributed by atoms with van der Waals surface area (Å²) in [7, 11) is 0. The first kappa shape index (κ1) is 20.8. The van der Waals surface area contributed by atoms with E-state index in [0.29, 0.717) is 24.2 Å². The Bertz CT molecular complexity index is 971. The van der Waals surface area contributed by atoms with E-state index in [0.717, 1.165) is 11.1 Å². The number of aromatic nitrogens is 1. The molecule has 1 aromatic carbocycles. The van der Waals surface area contributed by atoms with Crippen molar-refractivity contribution in [2.75, 3.05) is 6.54 Å². The Labute approximate surface area is 172 Å². The lowest BCUT2D eigenvalue weighted by Crippen LogP contribution is -2.30. The number of carbonyl (C=O) groups is 2. The van der Waals surface area contributed by atoms with E-state index in [9.17, 15) is 14.7 Å². The molecule has 1 saturated heterocycles. The Kier molecular flexibility index (Phi) is 5.60. The number of pyridine rings is 1. The van der Waals surface area contributed by atoms with Crippen molar-refractivity contribution in [1.82, 2.24) is 9.88 Å². The van der Waals surface area contributed by atoms with Crippen molar-refractivity contribution >= 4 is 17.4 Å². The number of amides is 1. The summed E-state index contributed by atoms with van der Waals surface area (Å²) in [6.07, 6.45) is 2.34. The number of Topliss-reactive ketones (excluding diaryl/α,β-unsaturated/α-hetero) is 1. The minimum absolute atomic E-state index is 0.108. The first-order chi connectivity index (χ1) is 13.7. The normalized spacial score (nSPS) is 19.1. The number of rotatable bonds is 4. The van der Waals surface area contributed by atoms with Crippen molar-refractivity contribution in [2.24, 2.45) is 0 Å². The maximum atomic E-state index is 12.9. The number of likely N-dealkylation sites (tertiary alicyclic amines) is 1. The summed E-state index contributed by atoms with van der Waals surface area (Å²) in [4.78, 5) is 31.6. The molecule has 1 amide bonds. The van der Waals surface area contributed by atoms with Gasteiger partial charge in [0.15, 0.2) is 0 Å². The van der Waals surface area contributed by atoms with Crippen LogP contribution in [0.5, 0.6) is 0 Å². The molecular formula is C24H28N2O3. The molecule has 152 valence electrons. The summed E-state index contributed by atoms with van der Waals surface area (Å²) in [5.74, 6) is -1.39. The van der Waals surface area contributed by atoms with E-state index in [1.807, 2.05) is 38.1 Å². The van der Waals surface area contributed by atoms with Gasteiger partial charge in [-0.3, -0.25) is 14.6 Å². The van der Waals surface area contributed by atoms with Crippen LogP contribution in [-0.2, 0) is 15.0 Å². The van der Waals surface area contributed by atoms with E-state index in [4.69, 9.17) is 0 Å². The van der Waals surface area contributed by atoms with Crippen molar-refractivity contribution in [1.29, 1.82) is 0 Å². The van der Waals surface area contributed by atoms with Gasteiger partial charge in [0.2, 0.25) is 0 Å². The van der Waals surface area contributed by atoms with Crippen LogP contribution in [0.25, 0.3) is 5.76 Å². The van der Waals surface area contributed by atoms with Gasteiger partial charge in [0.05, 0.1) is 11.3 Å². The molecule has 0 aliphatic carbocycles. The second-order valence-corrected chi connectivity index (χ2v) is 8.53. The van der Waals surface area contributed by atoms with E-state index >= 15 is 0 Å². The zero-order valence-corrected chi connectivity index (χ0v) is 17.7. The van der Waals surface area contributed by atoms with Crippen LogP contribution >= 0.6 is 0 Å². The minimum atomic E-state index is -0.686. The molecule has 5 nitrogen and oxygen atoms in total. The van der Waals surface area contributed by atoms with E-state index in [1.54, 1.807) is 18.3 Å². The van der Waals surface area contributed by atoms with Crippen LogP contribution in [0, 0.1) is 6.92 Å². The number of hydrogen-bond acceptors (Lipinski definition) is 4. The fraction of sp³-hybridized carbons (Fsp3) is 0.375. The number of hydrogen-bond donors (Lipinski definition) is 1. The Morgan fingerprint density at radius 3 is 2.48 bits per heavy atom. The third kappa shape index (κ3) is 3.82. The van der Waals surface area contributed by atoms with Gasteiger partial charge in [0, 0.05) is 18.3 Å². The van der Waals surface area contributed by atoms with Crippen LogP contribution in [-0.4, -0.2) is 33.2 Å². The number of aryl methyl sites for hydroxylation is 1. The third-order valence-corrected chi connectivity index (χ3v) is 5.33. The Hall–Kier alpha value is -2.95. The van der Waals surface area contributed by atoms with E-state index < -0.39 is 17.7 Å². The van der Waals surface area contributed by atoms with Gasteiger partial charge >= 0.3 is 0 Å². The lowest BCUT2D eigenvalue weighted by atomic mass is 9.84. The number of aliphatic hydroxyl groups excluding tert-OH is 1. The fourth-order valence-corrected chi connectivity index (χ4v) is 3.69. The van der Waals surface area contributed by atoms with E-state index in [1.165, 1.54) is 4.90 Å². The van der Waals surface area contributed by atoms with Gasteiger partial charge in [0.1, 0.15) is 11.8 Å². The zero-order valence-electron chi connectivity index (χ0n) is 17.7. The molecule has 0 saturated carbocycles. The highest BCUT2D eigenvalue weighted by atomic mass is 16.3. The Morgan fingerprint density at radius 1 is 1.17 bits per heavy atom. The van der Waals surface area contributed by atoms with Crippen molar-refractivity contribution in [3.8, 4) is 0 Å². The van der Waals surface area contributed by atoms with Gasteiger partial charge in [-0.2, -0.15) is 0 Å². The van der Waals surface area contributed by atoms with Gasteiger partial charge in [-0.25, -0.2) is 0 Å². The van der Waals surface area contributed by atoms with Crippen molar-refractivity contribution in [3.05, 3.63) is 70.6 Å². The first-order valence-electron chi connectivity index (χ1n) is 9.97. The van der Waals surface area contributed by atoms with Crippen molar-refractivity contribution < 1.29 is 14.7 Å². The molecule has 1 aliphatic heterocycles. The molecule has 1 aliphatic rings. The average Bonchev–Trinajstić information content (AvgIpc) is 2.93. The average molecular weight is 392 g/mol. The molecule has 0 bridgehead atoms. The summed E-state index contributed by atoms with van der Waals surface area (Å²) < 4.78 is 0. The number of nitrogens with zero attached hydrogens (tertiary/aromatic N) is 2. The number of aliphatic hydroxyl groups is 1. The van der Waals surface area contributed by atoms with Gasteiger partial charge < -0.3 is 10.0 Å². The SMILES string of the molecule is CCCN1C(=O)C(=O)/C(=C(/O)c2cc(C(C)(C)C)ccc2C)C1c1ccccn1. The maximum absolute atomic E-state index is 12.9. The number of benzene rings is 1. The molecule has 1 unspecified atom stereocenters. The van der Waals surface area contributed by atoms with Gasteiger partial charge in [-0.1, -0.05) is 45.9 Å². The second kappa shape index (κ2) is 7.82. The topological polar surface area (TPSA) is 70.5 Å². The first-order valence-corrected chi connectivity index (χ1v) is 9.97. The molecule has 2 aromatic rings. The van der Waals surface area contributed by atoms with Crippen LogP contribution in [0.1, 0.15) is 62.5 Å². The van der Waals surface area contributed by atoms with Gasteiger partial charge in [-0.15, -0.1) is 0 Å². The smallest absolute Gasteiger partial charge is 0.295 e. The monoisotopic (exact) mass is 392 g/mol. The highest BCUT2D eigenvalue weighted by molar-refractivity contribution is 6.46. The van der Waals surface area contributed by atoms with Crippen LogP contribution < -0.4 is 0 Å². The number of carbonyl (C=O) groups excluding carboxylic acids is 2. The predicted octanol–water partition coefficient (Wildman–Crippen LogP) is 4.52. The second-order valence-electron chi connectivity index (χ2n) is 8.53. The van der Waals surface area contributed by atoms with Crippen LogP contribution in [0.15, 0.2) is 48.2 Å². The molecule has 1 atom stereocenters. The molecular weight excluding hydrogens is 364 g/mol. The van der Waals surface area contributed by atoms with Crippen LogP contribution in [0.3, 0.4) is 0 Å². The zero-order chi connectivity index (χ0) is 21.3. The van der Waals surface area contributed by atoms with Crippen molar-refractivity contribution in [2.45, 2.75) is 52.5 Å². The molecule has 0 radical (unpaired) electrons. The predicted molar refractivity (Wildman–Crippen MR) is 113 cm³/mol. The summed E-state index contributed by atoms with van der Waals surface area (Å²) in [5.41, 5.74) is 3.03. The molecule has 3 rings (SSSR count). The Balaban J connectivity index is 2.24. The largest absolute Gasteiger partial charge is 0.507 e. The van der Waals surface area contributed by atoms with E-state index in [-0.39, 0.29) is 16.7 Å². The molecule has 29 heavy (non-hydrogen) atoms. The summed E-state index contributed by atoms with van der Waals surface area (Å²) in [6.45, 7) is 10.5. The molecule has 2 heterocycles. The van der Waals surface area contributed by atoms with Crippen LogP contribution in [0.2, 0.25) is 0 Å². The summed E-state index contributed by atoms with van der Waals surface area (Å²) in [6, 6.07) is 10.6. The van der Waals surface area contributed by atoms with E-state index in [2.05, 4.69) is 25.8 Å². The van der Waals surface area contributed by atoms with Gasteiger partial charge in [-0.05, 0) is 48.1 Å². The summed E-state index contributed by atoms with van der Waals surface area (Å²) >= 11 is 0. The van der Waals surface area contributed by atoms with Gasteiger partial charge in [0.25, 0.3) is 11.7 Å². The third-order valence-electron chi connectivity index (χ3n) is 5.33. The van der Waals surface area contributed by atoms with Crippen LogP contribution in [0.4, 0.5) is 0 Å². The maximum Gasteiger partial charge on any atom is 0.295 e. The Morgan fingerprint density at radius 2 is 1.90 bits per heavy atom. The molecule has 5 heteroatoms. The quantitative estimate of drug-likeness (QED) is 0.472. The fourth-order valence-electron chi connectivity index (χ4n) is 3.69. The highest BCUT2D eigenvalue weighted by Gasteiger charge is 2.46. The highest BCUT2D eigenvalue weighted by Crippen LogP contribution is 2.39. The minimum Gasteiger partial charge on any atom is -0.507 e. The molecule has 1 N–H and O–H groups in total.